The van der Waals surface area contributed by atoms with Crippen LogP contribution >= 0.6 is 0 Å². The number of aryl methyl sites for hydroxylation is 2. The van der Waals surface area contributed by atoms with Gasteiger partial charge in [0.25, 0.3) is 0 Å². The minimum absolute atomic E-state index is 0. The monoisotopic (exact) mass is 310 g/mol. The van der Waals surface area contributed by atoms with Crippen molar-refractivity contribution in [3.63, 3.8) is 0 Å². The van der Waals surface area contributed by atoms with Crippen molar-refractivity contribution in [3.05, 3.63) is 52.5 Å². The third-order valence-corrected chi connectivity index (χ3v) is 5.92. The summed E-state index contributed by atoms with van der Waals surface area (Å²) in [7, 11) is 0. The molecule has 0 N–H and O–H groups in total. The molecule has 0 saturated heterocycles. The van der Waals surface area contributed by atoms with Crippen molar-refractivity contribution in [3.8, 4) is 10.0 Å². The van der Waals surface area contributed by atoms with Gasteiger partial charge >= 0.3 is 103 Å². The Hall–Kier alpha value is -0.621. The second kappa shape index (κ2) is 5.82. The quantitative estimate of drug-likeness (QED) is 0.676. The number of rotatable bonds is 1. The molecule has 0 atom stereocenters. The van der Waals surface area contributed by atoms with Crippen LogP contribution in [0.5, 0.6) is 0 Å². The SMILES string of the molecule is [Cl-].c1ccc(-c2ccc3c([se+]2)CCCC3)cc1. The Morgan fingerprint density at radius 2 is 1.59 bits per heavy atom. The van der Waals surface area contributed by atoms with E-state index >= 15 is 0 Å². The van der Waals surface area contributed by atoms with Crippen molar-refractivity contribution < 1.29 is 12.4 Å². The van der Waals surface area contributed by atoms with E-state index in [0.717, 1.165) is 0 Å². The van der Waals surface area contributed by atoms with Gasteiger partial charge in [0.2, 0.25) is 0 Å². The summed E-state index contributed by atoms with van der Waals surface area (Å²) >= 11 is 0.575. The van der Waals surface area contributed by atoms with Crippen LogP contribution in [0.3, 0.4) is 0 Å². The Bertz CT molecular complexity index is 494. The van der Waals surface area contributed by atoms with Crippen molar-refractivity contribution in [1.82, 2.24) is 0 Å². The van der Waals surface area contributed by atoms with Gasteiger partial charge in [0, 0.05) is 0 Å². The van der Waals surface area contributed by atoms with Crippen LogP contribution in [-0.4, -0.2) is 14.5 Å². The van der Waals surface area contributed by atoms with Crippen molar-refractivity contribution in [2.75, 3.05) is 0 Å². The molecule has 0 aliphatic heterocycles. The Kier molecular flexibility index (Phi) is 4.39. The first-order valence-corrected chi connectivity index (χ1v) is 7.65. The van der Waals surface area contributed by atoms with E-state index in [1.165, 1.54) is 31.2 Å². The standard InChI is InChI=1S/C15H15Se.ClH/c1-2-6-12(7-3-1)15-11-10-13-8-4-5-9-14(13)16-15;/h1-3,6-7,10-11H,4-5,8-9H2;1H/q+1;/p-1. The molecule has 2 aromatic rings. The maximum atomic E-state index is 2.36. The van der Waals surface area contributed by atoms with E-state index in [1.54, 1.807) is 14.4 Å². The molecule has 0 fully saturated rings. The molecule has 0 amide bonds. The Morgan fingerprint density at radius 3 is 2.41 bits per heavy atom. The molecule has 0 unspecified atom stereocenters. The Labute approximate surface area is 115 Å². The zero-order chi connectivity index (χ0) is 10.8. The molecule has 0 bridgehead atoms. The van der Waals surface area contributed by atoms with Crippen LogP contribution in [0.15, 0.2) is 42.5 Å². The molecule has 0 radical (unpaired) electrons. The van der Waals surface area contributed by atoms with Gasteiger partial charge in [-0.05, 0) is 0 Å². The fourth-order valence-corrected chi connectivity index (χ4v) is 4.82. The van der Waals surface area contributed by atoms with Crippen molar-refractivity contribution in [1.29, 1.82) is 0 Å². The van der Waals surface area contributed by atoms with Gasteiger partial charge in [0.05, 0.1) is 0 Å². The molecule has 2 heteroatoms. The third kappa shape index (κ3) is 2.80. The summed E-state index contributed by atoms with van der Waals surface area (Å²) in [6.07, 6.45) is 5.45. The second-order valence-electron chi connectivity index (χ2n) is 4.32. The first-order valence-electron chi connectivity index (χ1n) is 5.94. The van der Waals surface area contributed by atoms with Crippen molar-refractivity contribution >= 4 is 14.5 Å². The fourth-order valence-electron chi connectivity index (χ4n) is 2.29. The van der Waals surface area contributed by atoms with Crippen LogP contribution in [-0.2, 0) is 12.8 Å². The van der Waals surface area contributed by atoms with Gasteiger partial charge in [-0.15, -0.1) is 0 Å². The first kappa shape index (κ1) is 12.8. The third-order valence-electron chi connectivity index (χ3n) is 3.19. The number of hydrogen-bond donors (Lipinski definition) is 0. The van der Waals surface area contributed by atoms with Crippen LogP contribution in [0, 0.1) is 0 Å². The van der Waals surface area contributed by atoms with Crippen LogP contribution < -0.4 is 12.4 Å². The molecule has 17 heavy (non-hydrogen) atoms. The van der Waals surface area contributed by atoms with Gasteiger partial charge in [0.1, 0.15) is 0 Å². The van der Waals surface area contributed by atoms with E-state index in [1.807, 2.05) is 0 Å². The molecule has 0 nitrogen and oxygen atoms in total. The topological polar surface area (TPSA) is 0 Å². The van der Waals surface area contributed by atoms with E-state index in [2.05, 4.69) is 42.5 Å². The Balaban J connectivity index is 0.00000108. The summed E-state index contributed by atoms with van der Waals surface area (Å²) in [6.45, 7) is 0. The molecular formula is C15H15ClSe. The molecule has 3 rings (SSSR count). The predicted octanol–water partition coefficient (Wildman–Crippen LogP) is 0.575. The molecule has 0 saturated carbocycles. The zero-order valence-electron chi connectivity index (χ0n) is 9.66. The second-order valence-corrected chi connectivity index (χ2v) is 6.71. The summed E-state index contributed by atoms with van der Waals surface area (Å²) in [5.74, 6) is 0. The van der Waals surface area contributed by atoms with Crippen LogP contribution in [0.4, 0.5) is 0 Å². The molecule has 1 heterocycles. The summed E-state index contributed by atoms with van der Waals surface area (Å²) in [5, 5.41) is 0. The molecule has 1 aliphatic rings. The van der Waals surface area contributed by atoms with Gasteiger partial charge in [-0.25, -0.2) is 0 Å². The predicted molar refractivity (Wildman–Crippen MR) is 69.9 cm³/mol. The van der Waals surface area contributed by atoms with Crippen LogP contribution in [0.2, 0.25) is 0 Å². The van der Waals surface area contributed by atoms with E-state index < -0.39 is 0 Å². The summed E-state index contributed by atoms with van der Waals surface area (Å²) < 4.78 is 3.30. The average Bonchev–Trinajstić information content (AvgIpc) is 2.39. The summed E-state index contributed by atoms with van der Waals surface area (Å²) in [5.41, 5.74) is 3.06. The van der Waals surface area contributed by atoms with Gasteiger partial charge in [-0.2, -0.15) is 0 Å². The normalized spacial score (nSPS) is 13.6. The molecule has 88 valence electrons. The van der Waals surface area contributed by atoms with Crippen LogP contribution in [0.25, 0.3) is 10.0 Å². The molecule has 1 aromatic heterocycles. The number of fused-ring (bicyclic) bond motifs is 1. The zero-order valence-corrected chi connectivity index (χ0v) is 12.1. The summed E-state index contributed by atoms with van der Waals surface area (Å²) in [4.78, 5) is 0. The minimum atomic E-state index is 0. The number of benzene rings is 1. The fraction of sp³-hybridized carbons (Fsp3) is 0.267. The Morgan fingerprint density at radius 1 is 0.824 bits per heavy atom. The van der Waals surface area contributed by atoms with E-state index in [9.17, 15) is 0 Å². The summed E-state index contributed by atoms with van der Waals surface area (Å²) in [6, 6.07) is 15.5. The van der Waals surface area contributed by atoms with Gasteiger partial charge in [0.15, 0.2) is 0 Å². The van der Waals surface area contributed by atoms with E-state index in [0.29, 0.717) is 14.5 Å². The number of halogens is 1. The van der Waals surface area contributed by atoms with E-state index in [4.69, 9.17) is 0 Å². The van der Waals surface area contributed by atoms with E-state index in [-0.39, 0.29) is 12.4 Å². The molecule has 1 aromatic carbocycles. The molecule has 1 aliphatic carbocycles. The number of hydrogen-bond acceptors (Lipinski definition) is 0. The first-order chi connectivity index (χ1) is 7.93. The molecule has 0 spiro atoms. The average molecular weight is 310 g/mol. The van der Waals surface area contributed by atoms with Gasteiger partial charge < -0.3 is 12.4 Å². The van der Waals surface area contributed by atoms with Crippen molar-refractivity contribution in [2.24, 2.45) is 0 Å². The van der Waals surface area contributed by atoms with Gasteiger partial charge in [-0.3, -0.25) is 0 Å². The van der Waals surface area contributed by atoms with Crippen molar-refractivity contribution in [2.45, 2.75) is 25.7 Å². The molecular weight excluding hydrogens is 295 g/mol. The maximum absolute atomic E-state index is 2.36. The van der Waals surface area contributed by atoms with Gasteiger partial charge in [-0.1, -0.05) is 0 Å². The van der Waals surface area contributed by atoms with Crippen LogP contribution in [0.1, 0.15) is 22.8 Å².